The molecular formula is C27H42N2O5. The molecule has 0 bridgehead atoms. The highest BCUT2D eigenvalue weighted by atomic mass is 16.6. The molecule has 0 radical (unpaired) electrons. The van der Waals surface area contributed by atoms with Crippen LogP contribution in [0.3, 0.4) is 0 Å². The molecule has 1 aliphatic rings. The van der Waals surface area contributed by atoms with Gasteiger partial charge >= 0.3 is 12.1 Å². The average Bonchev–Trinajstić information content (AvgIpc) is 2.76. The number of alkyl carbamates (subject to hydrolysis) is 1. The number of benzene rings is 1. The quantitative estimate of drug-likeness (QED) is 0.459. The van der Waals surface area contributed by atoms with Gasteiger partial charge in [0, 0.05) is 0 Å². The summed E-state index contributed by atoms with van der Waals surface area (Å²) in [5.74, 6) is -0.323. The Morgan fingerprint density at radius 2 is 1.62 bits per heavy atom. The summed E-state index contributed by atoms with van der Waals surface area (Å²) in [6, 6.07) is 7.88. The molecule has 1 saturated carbocycles. The minimum absolute atomic E-state index is 0.145. The van der Waals surface area contributed by atoms with Crippen molar-refractivity contribution < 1.29 is 23.9 Å². The van der Waals surface area contributed by atoms with Gasteiger partial charge in [-0.25, -0.2) is 9.59 Å². The van der Waals surface area contributed by atoms with Crippen LogP contribution in [-0.2, 0) is 25.7 Å². The molecule has 34 heavy (non-hydrogen) atoms. The van der Waals surface area contributed by atoms with E-state index >= 15 is 0 Å². The van der Waals surface area contributed by atoms with E-state index in [0.717, 1.165) is 31.2 Å². The second kappa shape index (κ2) is 13.4. The summed E-state index contributed by atoms with van der Waals surface area (Å²) in [4.78, 5) is 38.6. The highest BCUT2D eigenvalue weighted by Gasteiger charge is 2.31. The summed E-state index contributed by atoms with van der Waals surface area (Å²) in [5.41, 5.74) is 0.212. The van der Waals surface area contributed by atoms with E-state index in [4.69, 9.17) is 9.47 Å². The van der Waals surface area contributed by atoms with Crippen LogP contribution in [0, 0.1) is 11.8 Å². The standard InChI is InChI=1S/C27H42N2O5/c1-19(2)16-23(25(31)33-18-21-14-10-7-11-15-21)28-24(30)22(17-20-12-8-6-9-13-20)29-26(32)34-27(3,4)5/h7,10-11,14-15,19-20,22-23H,6,8-9,12-13,16-18H2,1-5H3,(H,28,30)(H,29,32)/t22-,23-/m0/s1. The molecule has 0 unspecified atom stereocenters. The molecule has 0 aliphatic heterocycles. The Morgan fingerprint density at radius 1 is 0.971 bits per heavy atom. The second-order valence-corrected chi connectivity index (χ2v) is 10.7. The number of hydrogen-bond acceptors (Lipinski definition) is 5. The Kier molecular flexibility index (Phi) is 10.9. The van der Waals surface area contributed by atoms with Crippen molar-refractivity contribution in [1.29, 1.82) is 0 Å². The molecule has 2 atom stereocenters. The first-order valence-electron chi connectivity index (χ1n) is 12.5. The van der Waals surface area contributed by atoms with E-state index in [2.05, 4.69) is 10.6 Å². The summed E-state index contributed by atoms with van der Waals surface area (Å²) in [5, 5.41) is 5.61. The maximum atomic E-state index is 13.3. The van der Waals surface area contributed by atoms with Crippen LogP contribution in [0.5, 0.6) is 0 Å². The van der Waals surface area contributed by atoms with Gasteiger partial charge in [0.05, 0.1) is 0 Å². The fourth-order valence-corrected chi connectivity index (χ4v) is 4.22. The van der Waals surface area contributed by atoms with E-state index < -0.39 is 29.7 Å². The van der Waals surface area contributed by atoms with E-state index in [9.17, 15) is 14.4 Å². The van der Waals surface area contributed by atoms with Gasteiger partial charge in [-0.3, -0.25) is 4.79 Å². The van der Waals surface area contributed by atoms with Gasteiger partial charge in [-0.15, -0.1) is 0 Å². The largest absolute Gasteiger partial charge is 0.459 e. The number of amides is 2. The summed E-state index contributed by atoms with van der Waals surface area (Å²) in [6.07, 6.45) is 5.88. The number of nitrogens with one attached hydrogen (secondary N) is 2. The van der Waals surface area contributed by atoms with Crippen LogP contribution in [0.4, 0.5) is 4.79 Å². The first-order valence-corrected chi connectivity index (χ1v) is 12.5. The van der Waals surface area contributed by atoms with Crippen LogP contribution in [-0.4, -0.2) is 35.7 Å². The topological polar surface area (TPSA) is 93.7 Å². The summed E-state index contributed by atoms with van der Waals surface area (Å²) >= 11 is 0. The lowest BCUT2D eigenvalue weighted by Crippen LogP contribution is -2.53. The number of hydrogen-bond donors (Lipinski definition) is 2. The number of esters is 1. The number of ether oxygens (including phenoxy) is 2. The van der Waals surface area contributed by atoms with Crippen molar-refractivity contribution in [3.63, 3.8) is 0 Å². The SMILES string of the molecule is CC(C)C[C@H](NC(=O)[C@H](CC1CCCCC1)NC(=O)OC(C)(C)C)C(=O)OCc1ccccc1. The molecular weight excluding hydrogens is 432 g/mol. The minimum atomic E-state index is -0.787. The lowest BCUT2D eigenvalue weighted by molar-refractivity contribution is -0.149. The second-order valence-electron chi connectivity index (χ2n) is 10.7. The van der Waals surface area contributed by atoms with Crippen LogP contribution in [0.2, 0.25) is 0 Å². The fraction of sp³-hybridized carbons (Fsp3) is 0.667. The zero-order valence-corrected chi connectivity index (χ0v) is 21.4. The van der Waals surface area contributed by atoms with Gasteiger partial charge in [0.2, 0.25) is 5.91 Å². The first kappa shape index (κ1) is 27.7. The molecule has 7 heteroatoms. The molecule has 1 aromatic rings. The molecule has 2 rings (SSSR count). The van der Waals surface area contributed by atoms with E-state index in [1.165, 1.54) is 6.42 Å². The molecule has 7 nitrogen and oxygen atoms in total. The molecule has 0 saturated heterocycles. The van der Waals surface area contributed by atoms with Crippen molar-refractivity contribution in [2.75, 3.05) is 0 Å². The van der Waals surface area contributed by atoms with Crippen molar-refractivity contribution in [3.8, 4) is 0 Å². The van der Waals surface area contributed by atoms with E-state index in [-0.39, 0.29) is 18.4 Å². The fourth-order valence-electron chi connectivity index (χ4n) is 4.22. The van der Waals surface area contributed by atoms with E-state index in [1.54, 1.807) is 20.8 Å². The molecule has 2 N–H and O–H groups in total. The summed E-state index contributed by atoms with van der Waals surface area (Å²) in [6.45, 7) is 9.47. The zero-order chi connectivity index (χ0) is 25.1. The van der Waals surface area contributed by atoms with E-state index in [0.29, 0.717) is 18.8 Å². The third kappa shape index (κ3) is 10.6. The molecule has 1 aromatic carbocycles. The lowest BCUT2D eigenvalue weighted by Gasteiger charge is -2.29. The van der Waals surface area contributed by atoms with Gasteiger partial charge in [-0.1, -0.05) is 76.3 Å². The van der Waals surface area contributed by atoms with Gasteiger partial charge in [-0.2, -0.15) is 0 Å². The summed E-state index contributed by atoms with van der Waals surface area (Å²) < 4.78 is 10.9. The molecule has 190 valence electrons. The van der Waals surface area contributed by atoms with Crippen molar-refractivity contribution in [2.24, 2.45) is 11.8 Å². The van der Waals surface area contributed by atoms with Gasteiger partial charge in [0.1, 0.15) is 24.3 Å². The Morgan fingerprint density at radius 3 is 2.21 bits per heavy atom. The van der Waals surface area contributed by atoms with Crippen molar-refractivity contribution in [3.05, 3.63) is 35.9 Å². The third-order valence-corrected chi connectivity index (χ3v) is 5.83. The Labute approximate surface area is 204 Å². The van der Waals surface area contributed by atoms with E-state index in [1.807, 2.05) is 44.2 Å². The van der Waals surface area contributed by atoms with Crippen LogP contribution < -0.4 is 10.6 Å². The molecule has 2 amide bonds. The van der Waals surface area contributed by atoms with Gasteiger partial charge in [-0.05, 0) is 51.0 Å². The lowest BCUT2D eigenvalue weighted by atomic mass is 9.84. The zero-order valence-electron chi connectivity index (χ0n) is 21.4. The maximum absolute atomic E-state index is 13.3. The predicted molar refractivity (Wildman–Crippen MR) is 132 cm³/mol. The molecule has 0 aromatic heterocycles. The minimum Gasteiger partial charge on any atom is -0.459 e. The van der Waals surface area contributed by atoms with Crippen molar-refractivity contribution >= 4 is 18.0 Å². The summed E-state index contributed by atoms with van der Waals surface area (Å²) in [7, 11) is 0. The number of carbonyl (C=O) groups excluding carboxylic acids is 3. The molecule has 0 heterocycles. The van der Waals surface area contributed by atoms with Crippen LogP contribution >= 0.6 is 0 Å². The smallest absolute Gasteiger partial charge is 0.408 e. The third-order valence-electron chi connectivity index (χ3n) is 5.83. The van der Waals surface area contributed by atoms with Crippen LogP contribution in [0.15, 0.2) is 30.3 Å². The first-order chi connectivity index (χ1) is 16.0. The monoisotopic (exact) mass is 474 g/mol. The Hall–Kier alpha value is -2.57. The number of rotatable bonds is 10. The predicted octanol–water partition coefficient (Wildman–Crippen LogP) is 5.12. The van der Waals surface area contributed by atoms with Gasteiger partial charge in [0.25, 0.3) is 0 Å². The number of carbonyl (C=O) groups is 3. The van der Waals surface area contributed by atoms with Gasteiger partial charge < -0.3 is 20.1 Å². The van der Waals surface area contributed by atoms with Crippen LogP contribution in [0.1, 0.15) is 85.1 Å². The van der Waals surface area contributed by atoms with Crippen molar-refractivity contribution in [1.82, 2.24) is 10.6 Å². The Balaban J connectivity index is 2.07. The van der Waals surface area contributed by atoms with Crippen LogP contribution in [0.25, 0.3) is 0 Å². The molecule has 1 aliphatic carbocycles. The highest BCUT2D eigenvalue weighted by Crippen LogP contribution is 2.27. The van der Waals surface area contributed by atoms with Crippen molar-refractivity contribution in [2.45, 2.75) is 104 Å². The average molecular weight is 475 g/mol. The highest BCUT2D eigenvalue weighted by molar-refractivity contribution is 5.89. The normalized spacial score (nSPS) is 16.4. The Bertz CT molecular complexity index is 782. The maximum Gasteiger partial charge on any atom is 0.408 e. The molecule has 0 spiro atoms. The van der Waals surface area contributed by atoms with Gasteiger partial charge in [0.15, 0.2) is 0 Å². The molecule has 1 fully saturated rings.